The molecule has 0 fully saturated rings. The second kappa shape index (κ2) is 11.2. The molecule has 9 heteroatoms. The highest BCUT2D eigenvalue weighted by molar-refractivity contribution is 9.10. The third-order valence-electron chi connectivity index (χ3n) is 1.91. The second-order valence-corrected chi connectivity index (χ2v) is 4.19. The van der Waals surface area contributed by atoms with Crippen LogP contribution in [-0.2, 0) is 9.53 Å². The summed E-state index contributed by atoms with van der Waals surface area (Å²) in [4.78, 5) is 25.3. The lowest BCUT2D eigenvalue weighted by Crippen LogP contribution is -2.31. The van der Waals surface area contributed by atoms with Gasteiger partial charge in [-0.25, -0.2) is 0 Å². The molecule has 0 aliphatic carbocycles. The number of amides is 1. The fourth-order valence-corrected chi connectivity index (χ4v) is 1.46. The summed E-state index contributed by atoms with van der Waals surface area (Å²) in [6.45, 7) is 1.25. The molecule has 0 atom stereocenters. The van der Waals surface area contributed by atoms with Gasteiger partial charge in [0.2, 0.25) is 5.91 Å². The molecular formula is C10H16BrCl2N3O3. The van der Waals surface area contributed by atoms with Crippen molar-refractivity contribution in [3.05, 3.63) is 27.1 Å². The maximum atomic E-state index is 11.5. The van der Waals surface area contributed by atoms with Crippen LogP contribution in [0.2, 0.25) is 0 Å². The highest BCUT2D eigenvalue weighted by Gasteiger charge is 2.05. The first-order chi connectivity index (χ1) is 8.13. The highest BCUT2D eigenvalue weighted by atomic mass is 79.9. The van der Waals surface area contributed by atoms with Crippen LogP contribution in [0.5, 0.6) is 0 Å². The molecule has 0 aromatic carbocycles. The van der Waals surface area contributed by atoms with Crippen molar-refractivity contribution in [1.82, 2.24) is 10.3 Å². The monoisotopic (exact) mass is 375 g/mol. The lowest BCUT2D eigenvalue weighted by atomic mass is 10.4. The van der Waals surface area contributed by atoms with Crippen LogP contribution >= 0.6 is 40.7 Å². The molecule has 0 saturated heterocycles. The van der Waals surface area contributed by atoms with Crippen molar-refractivity contribution in [2.45, 2.75) is 0 Å². The molecule has 0 aliphatic heterocycles. The van der Waals surface area contributed by atoms with Crippen molar-refractivity contribution in [1.29, 1.82) is 0 Å². The summed E-state index contributed by atoms with van der Waals surface area (Å²) in [7, 11) is 1.59. The number of hydrogen-bond donors (Lipinski definition) is 3. The van der Waals surface area contributed by atoms with Crippen LogP contribution in [0.3, 0.4) is 0 Å². The molecule has 6 nitrogen and oxygen atoms in total. The van der Waals surface area contributed by atoms with Crippen LogP contribution in [0.4, 0.5) is 5.69 Å². The van der Waals surface area contributed by atoms with E-state index in [1.165, 1.54) is 6.20 Å². The minimum Gasteiger partial charge on any atom is -0.383 e. The standard InChI is InChI=1S/C10H14BrN3O3.2ClH/c1-17-3-2-12-6-9(15)14-8-4-7(11)5-13-10(8)16;;/h4-5,12H,2-3,6H2,1H3,(H,13,16)(H,14,15);2*1H. The number of carbonyl (C=O) groups is 1. The van der Waals surface area contributed by atoms with E-state index >= 15 is 0 Å². The molecule has 110 valence electrons. The molecule has 1 amide bonds. The average Bonchev–Trinajstić information content (AvgIpc) is 2.29. The van der Waals surface area contributed by atoms with Gasteiger partial charge in [0, 0.05) is 24.3 Å². The van der Waals surface area contributed by atoms with Crippen LogP contribution in [0.1, 0.15) is 0 Å². The molecule has 0 bridgehead atoms. The van der Waals surface area contributed by atoms with E-state index in [0.29, 0.717) is 17.6 Å². The molecule has 0 aliphatic rings. The molecule has 0 unspecified atom stereocenters. The SMILES string of the molecule is COCCNCC(=O)Nc1cc(Br)c[nH]c1=O.Cl.Cl. The molecule has 1 heterocycles. The molecule has 0 saturated carbocycles. The fraction of sp³-hybridized carbons (Fsp3) is 0.400. The lowest BCUT2D eigenvalue weighted by Gasteiger charge is -2.05. The van der Waals surface area contributed by atoms with Gasteiger partial charge in [-0.2, -0.15) is 0 Å². The van der Waals surface area contributed by atoms with Gasteiger partial charge in [0.25, 0.3) is 5.56 Å². The Labute approximate surface area is 131 Å². The van der Waals surface area contributed by atoms with E-state index in [0.717, 1.165) is 0 Å². The fourth-order valence-electron chi connectivity index (χ4n) is 1.12. The molecule has 0 radical (unpaired) electrons. The van der Waals surface area contributed by atoms with Crippen molar-refractivity contribution in [2.24, 2.45) is 0 Å². The number of aromatic nitrogens is 1. The number of carbonyl (C=O) groups excluding carboxylic acids is 1. The van der Waals surface area contributed by atoms with Gasteiger partial charge >= 0.3 is 0 Å². The van der Waals surface area contributed by atoms with Crippen LogP contribution in [0.25, 0.3) is 0 Å². The van der Waals surface area contributed by atoms with Gasteiger partial charge in [-0.3, -0.25) is 9.59 Å². The van der Waals surface area contributed by atoms with Gasteiger partial charge in [0.1, 0.15) is 5.69 Å². The van der Waals surface area contributed by atoms with Crippen molar-refractivity contribution in [3.63, 3.8) is 0 Å². The third-order valence-corrected chi connectivity index (χ3v) is 2.37. The molecular weight excluding hydrogens is 361 g/mol. The molecule has 19 heavy (non-hydrogen) atoms. The van der Waals surface area contributed by atoms with Crippen LogP contribution in [0, 0.1) is 0 Å². The maximum Gasteiger partial charge on any atom is 0.271 e. The van der Waals surface area contributed by atoms with E-state index in [-0.39, 0.29) is 48.5 Å². The summed E-state index contributed by atoms with van der Waals surface area (Å²) in [5.41, 5.74) is -0.114. The van der Waals surface area contributed by atoms with E-state index in [9.17, 15) is 9.59 Å². The van der Waals surface area contributed by atoms with Crippen LogP contribution in [-0.4, -0.2) is 37.7 Å². The number of halogens is 3. The number of methoxy groups -OCH3 is 1. The molecule has 1 aromatic heterocycles. The molecule has 1 aromatic rings. The minimum atomic E-state index is -0.335. The Bertz CT molecular complexity index is 442. The zero-order valence-electron chi connectivity index (χ0n) is 10.2. The number of ether oxygens (including phenoxy) is 1. The summed E-state index contributed by atoms with van der Waals surface area (Å²) in [5, 5.41) is 5.39. The highest BCUT2D eigenvalue weighted by Crippen LogP contribution is 2.09. The van der Waals surface area contributed by atoms with Gasteiger partial charge in [0.05, 0.1) is 13.2 Å². The smallest absolute Gasteiger partial charge is 0.271 e. The molecule has 0 spiro atoms. The average molecular weight is 377 g/mol. The number of rotatable bonds is 6. The summed E-state index contributed by atoms with van der Waals surface area (Å²) < 4.78 is 5.52. The number of H-pyrrole nitrogens is 1. The first-order valence-corrected chi connectivity index (χ1v) is 5.80. The second-order valence-electron chi connectivity index (χ2n) is 3.28. The first kappa shape index (κ1) is 20.7. The summed E-state index contributed by atoms with van der Waals surface area (Å²) in [6.07, 6.45) is 1.51. The Kier molecular flexibility index (Phi) is 12.3. The zero-order chi connectivity index (χ0) is 12.7. The van der Waals surface area contributed by atoms with Crippen molar-refractivity contribution < 1.29 is 9.53 Å². The zero-order valence-corrected chi connectivity index (χ0v) is 13.4. The Balaban J connectivity index is 0. The van der Waals surface area contributed by atoms with Gasteiger partial charge in [-0.05, 0) is 22.0 Å². The van der Waals surface area contributed by atoms with Gasteiger partial charge in [-0.1, -0.05) is 0 Å². The normalized spacial score (nSPS) is 9.16. The van der Waals surface area contributed by atoms with Crippen molar-refractivity contribution in [2.75, 3.05) is 32.1 Å². The van der Waals surface area contributed by atoms with E-state index < -0.39 is 0 Å². The van der Waals surface area contributed by atoms with Gasteiger partial charge < -0.3 is 20.4 Å². The Morgan fingerprint density at radius 2 is 2.16 bits per heavy atom. The van der Waals surface area contributed by atoms with E-state index in [1.807, 2.05) is 0 Å². The number of hydrogen-bond acceptors (Lipinski definition) is 4. The predicted octanol–water partition coefficient (Wildman–Crippen LogP) is 1.16. The minimum absolute atomic E-state index is 0. The number of nitrogens with one attached hydrogen (secondary N) is 3. The number of aromatic amines is 1. The summed E-state index contributed by atoms with van der Waals surface area (Å²) >= 11 is 3.21. The number of pyridine rings is 1. The van der Waals surface area contributed by atoms with E-state index in [4.69, 9.17) is 4.74 Å². The Morgan fingerprint density at radius 3 is 2.79 bits per heavy atom. The van der Waals surface area contributed by atoms with Gasteiger partial charge in [-0.15, -0.1) is 24.8 Å². The van der Waals surface area contributed by atoms with E-state index in [1.54, 1.807) is 13.2 Å². The van der Waals surface area contributed by atoms with Crippen molar-refractivity contribution in [3.8, 4) is 0 Å². The topological polar surface area (TPSA) is 83.2 Å². The first-order valence-electron chi connectivity index (χ1n) is 5.01. The Morgan fingerprint density at radius 1 is 1.47 bits per heavy atom. The summed E-state index contributed by atoms with van der Waals surface area (Å²) in [5.74, 6) is -0.273. The number of anilines is 1. The Hall–Kier alpha value is -0.600. The molecule has 3 N–H and O–H groups in total. The van der Waals surface area contributed by atoms with Gasteiger partial charge in [0.15, 0.2) is 0 Å². The lowest BCUT2D eigenvalue weighted by molar-refractivity contribution is -0.115. The quantitative estimate of drug-likeness (QED) is 0.650. The maximum absolute atomic E-state index is 11.5. The van der Waals surface area contributed by atoms with Crippen LogP contribution < -0.4 is 16.2 Å². The largest absolute Gasteiger partial charge is 0.383 e. The van der Waals surface area contributed by atoms with Crippen molar-refractivity contribution >= 4 is 52.3 Å². The third kappa shape index (κ3) is 8.22. The van der Waals surface area contributed by atoms with E-state index in [2.05, 4.69) is 31.5 Å². The summed E-state index contributed by atoms with van der Waals surface area (Å²) in [6, 6.07) is 1.55. The molecule has 1 rings (SSSR count). The van der Waals surface area contributed by atoms with Crippen LogP contribution in [0.15, 0.2) is 21.5 Å². The predicted molar refractivity (Wildman–Crippen MR) is 82.6 cm³/mol.